The van der Waals surface area contributed by atoms with Crippen molar-refractivity contribution in [3.05, 3.63) is 0 Å². The summed E-state index contributed by atoms with van der Waals surface area (Å²) in [5.41, 5.74) is 11.0. The molecule has 0 bridgehead atoms. The van der Waals surface area contributed by atoms with E-state index < -0.39 is 12.1 Å². The lowest BCUT2D eigenvalue weighted by molar-refractivity contribution is -0.135. The molecule has 0 aliphatic rings. The fourth-order valence-electron chi connectivity index (χ4n) is 1.01. The fraction of sp³-hybridized carbons (Fsp3) is 0.833. The van der Waals surface area contributed by atoms with Gasteiger partial charge in [0.25, 0.3) is 0 Å². The highest BCUT2D eigenvalue weighted by atomic mass is 32.2. The van der Waals surface area contributed by atoms with Crippen LogP contribution in [0.25, 0.3) is 0 Å². The molecule has 0 radical (unpaired) electrons. The maximum Gasteiger partial charge on any atom is 0.334 e. The largest absolute Gasteiger partial charge is 0.391 e. The topological polar surface area (TPSA) is 105 Å². The van der Waals surface area contributed by atoms with Gasteiger partial charge in [-0.25, -0.2) is 9.59 Å². The number of rotatable bonds is 10. The Kier molecular flexibility index (Phi) is 19.6. The average molecular weight is 391 g/mol. The minimum absolute atomic E-state index is 0.327. The van der Waals surface area contributed by atoms with Crippen molar-refractivity contribution >= 4 is 59.5 Å². The Hall–Kier alpha value is 0.260. The minimum atomic E-state index is -0.463. The first-order valence-electron chi connectivity index (χ1n) is 6.42. The Morgan fingerprint density at radius 3 is 1.36 bits per heavy atom. The number of carbonyl (C=O) groups is 2. The molecule has 0 aromatic rings. The molecule has 0 saturated heterocycles. The van der Waals surface area contributed by atoms with Crippen molar-refractivity contribution in [3.63, 3.8) is 0 Å². The highest BCUT2D eigenvalue weighted by molar-refractivity contribution is 7.98. The van der Waals surface area contributed by atoms with Gasteiger partial charge in [0.2, 0.25) is 0 Å². The molecule has 0 rings (SSSR count). The molecule has 0 spiro atoms. The van der Waals surface area contributed by atoms with Crippen LogP contribution in [0.15, 0.2) is 0 Å². The molecular weight excluding hydrogens is 364 g/mol. The zero-order valence-corrected chi connectivity index (χ0v) is 16.7. The molecule has 4 N–H and O–H groups in total. The Labute approximate surface area is 150 Å². The van der Waals surface area contributed by atoms with Crippen molar-refractivity contribution in [2.75, 3.05) is 36.5 Å². The summed E-state index contributed by atoms with van der Waals surface area (Å²) in [6.45, 7) is 0. The van der Waals surface area contributed by atoms with Crippen molar-refractivity contribution in [3.8, 4) is 0 Å². The fourth-order valence-corrected chi connectivity index (χ4v) is 2.57. The minimum Gasteiger partial charge on any atom is -0.391 e. The molecular formula is C12H26N2O4S4. The summed E-state index contributed by atoms with van der Waals surface area (Å²) in [6, 6.07) is -0.926. The van der Waals surface area contributed by atoms with Gasteiger partial charge < -0.3 is 19.8 Å². The second kappa shape index (κ2) is 17.6. The van der Waals surface area contributed by atoms with Crippen LogP contribution in [0.3, 0.4) is 0 Å². The normalized spacial score (nSPS) is 12.6. The lowest BCUT2D eigenvalue weighted by atomic mass is 10.2. The van der Waals surface area contributed by atoms with Gasteiger partial charge in [-0.05, 0) is 36.9 Å². The van der Waals surface area contributed by atoms with Crippen LogP contribution >= 0.6 is 47.6 Å². The Morgan fingerprint density at radius 1 is 0.818 bits per heavy atom. The second-order valence-corrected chi connectivity index (χ2v) is 6.89. The lowest BCUT2D eigenvalue weighted by Crippen LogP contribution is -2.31. The van der Waals surface area contributed by atoms with Crippen LogP contribution in [-0.4, -0.2) is 60.6 Å². The predicted octanol–water partition coefficient (Wildman–Crippen LogP) is 1.78. The van der Waals surface area contributed by atoms with Crippen LogP contribution in [0.1, 0.15) is 12.8 Å². The molecule has 0 aliphatic carbocycles. The summed E-state index contributed by atoms with van der Waals surface area (Å²) in [4.78, 5) is 21.7. The van der Waals surface area contributed by atoms with Crippen LogP contribution in [0.5, 0.6) is 0 Å². The van der Waals surface area contributed by atoms with Crippen LogP contribution in [0.4, 0.5) is 0 Å². The number of carbonyl (C=O) groups excluding carboxylic acids is 2. The third-order valence-corrected chi connectivity index (χ3v) is 4.15. The van der Waals surface area contributed by atoms with Gasteiger partial charge in [-0.15, -0.1) is 0 Å². The van der Waals surface area contributed by atoms with Crippen LogP contribution in [0, 0.1) is 0 Å². The van der Waals surface area contributed by atoms with E-state index in [4.69, 9.17) is 11.5 Å². The monoisotopic (exact) mass is 390 g/mol. The van der Waals surface area contributed by atoms with E-state index in [-0.39, 0.29) is 11.9 Å². The van der Waals surface area contributed by atoms with E-state index in [1.165, 1.54) is 0 Å². The van der Waals surface area contributed by atoms with E-state index in [0.29, 0.717) is 12.8 Å². The third kappa shape index (κ3) is 15.2. The Morgan fingerprint density at radius 2 is 1.14 bits per heavy atom. The third-order valence-electron chi connectivity index (χ3n) is 2.20. The summed E-state index contributed by atoms with van der Waals surface area (Å²) in [7, 11) is 0. The molecule has 0 saturated carbocycles. The SMILES string of the molecule is CSCC[C@H](N)C(=O)OSC.CSCC[C@H](N)C(=O)OSC. The summed E-state index contributed by atoms with van der Waals surface area (Å²) >= 11 is 5.41. The summed E-state index contributed by atoms with van der Waals surface area (Å²) in [6.07, 6.45) is 8.71. The van der Waals surface area contributed by atoms with Gasteiger partial charge >= 0.3 is 11.9 Å². The molecule has 0 unspecified atom stereocenters. The van der Waals surface area contributed by atoms with Gasteiger partial charge in [0, 0.05) is 12.5 Å². The van der Waals surface area contributed by atoms with Gasteiger partial charge in [-0.2, -0.15) is 23.5 Å². The standard InChI is InChI=1S/2C6H13NO2S2/c2*1-10-4-3-5(7)6(8)9-11-2/h2*5H,3-4,7H2,1-2H3/t2*5-/m00/s1. The summed E-state index contributed by atoms with van der Waals surface area (Å²) in [5.74, 6) is 1.13. The number of hydrogen-bond donors (Lipinski definition) is 2. The lowest BCUT2D eigenvalue weighted by Gasteiger charge is -2.07. The molecule has 0 fully saturated rings. The van der Waals surface area contributed by atoms with Crippen molar-refractivity contribution in [2.45, 2.75) is 24.9 Å². The van der Waals surface area contributed by atoms with Crippen LogP contribution in [-0.2, 0) is 18.0 Å². The summed E-state index contributed by atoms with van der Waals surface area (Å²) < 4.78 is 9.29. The summed E-state index contributed by atoms with van der Waals surface area (Å²) in [5, 5.41) is 0. The maximum atomic E-state index is 10.9. The average Bonchev–Trinajstić information content (AvgIpc) is 2.51. The molecule has 0 aliphatic heterocycles. The van der Waals surface area contributed by atoms with Gasteiger partial charge in [-0.3, -0.25) is 0 Å². The maximum absolute atomic E-state index is 10.9. The zero-order valence-electron chi connectivity index (χ0n) is 13.4. The van der Waals surface area contributed by atoms with E-state index in [2.05, 4.69) is 8.37 Å². The first-order valence-corrected chi connectivity index (χ1v) is 11.5. The number of hydrogen-bond acceptors (Lipinski definition) is 10. The van der Waals surface area contributed by atoms with E-state index in [1.54, 1.807) is 36.0 Å². The van der Waals surface area contributed by atoms with Gasteiger partial charge in [0.1, 0.15) is 12.1 Å². The van der Waals surface area contributed by atoms with E-state index in [9.17, 15) is 9.59 Å². The van der Waals surface area contributed by atoms with Crippen molar-refractivity contribution < 1.29 is 18.0 Å². The molecule has 6 nitrogen and oxygen atoms in total. The van der Waals surface area contributed by atoms with Crippen molar-refractivity contribution in [2.24, 2.45) is 11.5 Å². The molecule has 10 heteroatoms. The van der Waals surface area contributed by atoms with Crippen molar-refractivity contribution in [1.29, 1.82) is 0 Å². The molecule has 2 atom stereocenters. The smallest absolute Gasteiger partial charge is 0.334 e. The van der Waals surface area contributed by atoms with Gasteiger partial charge in [0.15, 0.2) is 0 Å². The highest BCUT2D eigenvalue weighted by Gasteiger charge is 2.14. The van der Waals surface area contributed by atoms with E-state index in [0.717, 1.165) is 35.6 Å². The van der Waals surface area contributed by atoms with Crippen molar-refractivity contribution in [1.82, 2.24) is 0 Å². The predicted molar refractivity (Wildman–Crippen MR) is 101 cm³/mol. The van der Waals surface area contributed by atoms with Crippen LogP contribution < -0.4 is 11.5 Å². The molecule has 0 amide bonds. The zero-order chi connectivity index (χ0) is 17.4. The van der Waals surface area contributed by atoms with E-state index in [1.807, 2.05) is 12.5 Å². The molecule has 0 aromatic carbocycles. The second-order valence-electron chi connectivity index (χ2n) is 3.91. The first kappa shape index (κ1) is 24.5. The number of thioether (sulfide) groups is 2. The molecule has 22 heavy (non-hydrogen) atoms. The van der Waals surface area contributed by atoms with Crippen LogP contribution in [0.2, 0.25) is 0 Å². The molecule has 132 valence electrons. The molecule has 0 heterocycles. The quantitative estimate of drug-likeness (QED) is 0.536. The highest BCUT2D eigenvalue weighted by Crippen LogP contribution is 2.04. The number of nitrogens with two attached hydrogens (primary N) is 2. The Bertz CT molecular complexity index is 270. The van der Waals surface area contributed by atoms with Gasteiger partial charge in [0.05, 0.1) is 24.1 Å². The van der Waals surface area contributed by atoms with Gasteiger partial charge in [-0.1, -0.05) is 0 Å². The first-order chi connectivity index (χ1) is 10.4. The molecule has 0 aromatic heterocycles. The van der Waals surface area contributed by atoms with E-state index >= 15 is 0 Å². The Balaban J connectivity index is 0.